The average Bonchev–Trinajstić information content (AvgIpc) is 2.91. The molecule has 0 aliphatic carbocycles. The Hall–Kier alpha value is -0.300. The fraction of sp³-hybridized carbons (Fsp3) is 0.846. The second kappa shape index (κ2) is 7.05. The van der Waals surface area contributed by atoms with E-state index in [1.54, 1.807) is 0 Å². The van der Waals surface area contributed by atoms with Gasteiger partial charge in [0.2, 0.25) is 0 Å². The standard InChI is InChI=1S/C13H24O/c1-3-5-6-7-8-9-11-13-12(14-13)10-4-2/h4,12-13H,2-3,5-11H2,1H3/t12-,13+/m1/s1. The first kappa shape index (κ1) is 11.8. The Balaban J connectivity index is 1.79. The molecule has 1 saturated heterocycles. The normalized spacial score (nSPS) is 24.9. The number of hydrogen-bond acceptors (Lipinski definition) is 1. The molecule has 1 heterocycles. The highest BCUT2D eigenvalue weighted by Gasteiger charge is 2.36. The van der Waals surface area contributed by atoms with Crippen LogP contribution in [0.1, 0.15) is 58.3 Å². The van der Waals surface area contributed by atoms with Crippen molar-refractivity contribution in [2.24, 2.45) is 0 Å². The maximum absolute atomic E-state index is 5.51. The molecule has 0 aromatic heterocycles. The van der Waals surface area contributed by atoms with E-state index in [0.29, 0.717) is 12.2 Å². The van der Waals surface area contributed by atoms with Crippen LogP contribution in [0.3, 0.4) is 0 Å². The van der Waals surface area contributed by atoms with E-state index >= 15 is 0 Å². The summed E-state index contributed by atoms with van der Waals surface area (Å²) in [6, 6.07) is 0. The van der Waals surface area contributed by atoms with Gasteiger partial charge in [-0.15, -0.1) is 6.58 Å². The average molecular weight is 196 g/mol. The van der Waals surface area contributed by atoms with E-state index in [0.717, 1.165) is 6.42 Å². The predicted molar refractivity (Wildman–Crippen MR) is 61.5 cm³/mol. The third kappa shape index (κ3) is 4.80. The molecule has 1 aliphatic heterocycles. The Bertz CT molecular complexity index is 153. The van der Waals surface area contributed by atoms with Gasteiger partial charge < -0.3 is 4.74 Å². The topological polar surface area (TPSA) is 12.5 Å². The summed E-state index contributed by atoms with van der Waals surface area (Å²) in [6.45, 7) is 5.99. The van der Waals surface area contributed by atoms with E-state index in [-0.39, 0.29) is 0 Å². The van der Waals surface area contributed by atoms with Crippen molar-refractivity contribution in [2.45, 2.75) is 70.5 Å². The third-order valence-corrected chi connectivity index (χ3v) is 2.93. The molecular weight excluding hydrogens is 172 g/mol. The second-order valence-corrected chi connectivity index (χ2v) is 4.29. The molecule has 0 N–H and O–H groups in total. The highest BCUT2D eigenvalue weighted by atomic mass is 16.6. The molecule has 0 saturated carbocycles. The first-order valence-electron chi connectivity index (χ1n) is 6.14. The lowest BCUT2D eigenvalue weighted by atomic mass is 10.1. The molecular formula is C13H24O. The molecule has 1 heteroatoms. The summed E-state index contributed by atoms with van der Waals surface area (Å²) in [5, 5.41) is 0. The van der Waals surface area contributed by atoms with Crippen LogP contribution in [0.15, 0.2) is 12.7 Å². The SMILES string of the molecule is C=CC[C@H]1O[C@H]1CCCCCCCC. The fourth-order valence-corrected chi connectivity index (χ4v) is 1.93. The minimum atomic E-state index is 0.517. The van der Waals surface area contributed by atoms with Gasteiger partial charge in [-0.05, 0) is 12.8 Å². The van der Waals surface area contributed by atoms with Crippen molar-refractivity contribution < 1.29 is 4.74 Å². The van der Waals surface area contributed by atoms with Gasteiger partial charge in [0.05, 0.1) is 12.2 Å². The van der Waals surface area contributed by atoms with Crippen LogP contribution in [-0.4, -0.2) is 12.2 Å². The van der Waals surface area contributed by atoms with Crippen molar-refractivity contribution in [1.29, 1.82) is 0 Å². The van der Waals surface area contributed by atoms with Gasteiger partial charge in [-0.1, -0.05) is 51.5 Å². The number of epoxide rings is 1. The van der Waals surface area contributed by atoms with Gasteiger partial charge in [-0.3, -0.25) is 0 Å². The summed E-state index contributed by atoms with van der Waals surface area (Å²) >= 11 is 0. The van der Waals surface area contributed by atoms with E-state index in [9.17, 15) is 0 Å². The first-order chi connectivity index (χ1) is 6.88. The van der Waals surface area contributed by atoms with Gasteiger partial charge in [0, 0.05) is 0 Å². The summed E-state index contributed by atoms with van der Waals surface area (Å²) in [6.07, 6.45) is 13.7. The zero-order chi connectivity index (χ0) is 10.2. The van der Waals surface area contributed by atoms with E-state index in [1.165, 1.54) is 44.9 Å². The van der Waals surface area contributed by atoms with Crippen molar-refractivity contribution in [3.63, 3.8) is 0 Å². The first-order valence-corrected chi connectivity index (χ1v) is 6.14. The fourth-order valence-electron chi connectivity index (χ4n) is 1.93. The molecule has 2 atom stereocenters. The Morgan fingerprint density at radius 3 is 2.50 bits per heavy atom. The Morgan fingerprint density at radius 1 is 1.07 bits per heavy atom. The lowest BCUT2D eigenvalue weighted by Crippen LogP contribution is -1.92. The minimum Gasteiger partial charge on any atom is -0.369 e. The van der Waals surface area contributed by atoms with E-state index in [2.05, 4.69) is 13.5 Å². The van der Waals surface area contributed by atoms with E-state index in [4.69, 9.17) is 4.74 Å². The van der Waals surface area contributed by atoms with Crippen molar-refractivity contribution in [3.05, 3.63) is 12.7 Å². The molecule has 1 aliphatic rings. The van der Waals surface area contributed by atoms with Crippen LogP contribution >= 0.6 is 0 Å². The van der Waals surface area contributed by atoms with Crippen LogP contribution in [-0.2, 0) is 4.74 Å². The molecule has 82 valence electrons. The molecule has 0 aromatic carbocycles. The zero-order valence-corrected chi connectivity index (χ0v) is 9.50. The van der Waals surface area contributed by atoms with Crippen molar-refractivity contribution in [1.82, 2.24) is 0 Å². The molecule has 0 spiro atoms. The second-order valence-electron chi connectivity index (χ2n) is 4.29. The Morgan fingerprint density at radius 2 is 1.79 bits per heavy atom. The molecule has 1 rings (SSSR count). The molecule has 0 bridgehead atoms. The van der Waals surface area contributed by atoms with Gasteiger partial charge in [-0.2, -0.15) is 0 Å². The molecule has 0 unspecified atom stereocenters. The lowest BCUT2D eigenvalue weighted by molar-refractivity contribution is 0.358. The zero-order valence-electron chi connectivity index (χ0n) is 9.50. The maximum atomic E-state index is 5.51. The van der Waals surface area contributed by atoms with Crippen LogP contribution in [0.4, 0.5) is 0 Å². The van der Waals surface area contributed by atoms with Gasteiger partial charge in [0.1, 0.15) is 0 Å². The summed E-state index contributed by atoms with van der Waals surface area (Å²) in [5.74, 6) is 0. The van der Waals surface area contributed by atoms with Crippen LogP contribution in [0.5, 0.6) is 0 Å². The summed E-state index contributed by atoms with van der Waals surface area (Å²) in [7, 11) is 0. The minimum absolute atomic E-state index is 0.517. The monoisotopic (exact) mass is 196 g/mol. The summed E-state index contributed by atoms with van der Waals surface area (Å²) < 4.78 is 5.51. The van der Waals surface area contributed by atoms with Crippen molar-refractivity contribution in [3.8, 4) is 0 Å². The van der Waals surface area contributed by atoms with Crippen LogP contribution < -0.4 is 0 Å². The van der Waals surface area contributed by atoms with Crippen molar-refractivity contribution in [2.75, 3.05) is 0 Å². The Kier molecular flexibility index (Phi) is 5.93. The predicted octanol–water partition coefficient (Wildman–Crippen LogP) is 4.08. The molecule has 14 heavy (non-hydrogen) atoms. The maximum Gasteiger partial charge on any atom is 0.0876 e. The molecule has 0 radical (unpaired) electrons. The molecule has 0 amide bonds. The highest BCUT2D eigenvalue weighted by Crippen LogP contribution is 2.30. The number of ether oxygens (including phenoxy) is 1. The number of rotatable bonds is 9. The van der Waals surface area contributed by atoms with E-state index in [1.807, 2.05) is 6.08 Å². The highest BCUT2D eigenvalue weighted by molar-refractivity contribution is 4.89. The molecule has 1 fully saturated rings. The number of hydrogen-bond donors (Lipinski definition) is 0. The summed E-state index contributed by atoms with van der Waals surface area (Å²) in [5.41, 5.74) is 0. The van der Waals surface area contributed by atoms with Gasteiger partial charge in [0.15, 0.2) is 0 Å². The van der Waals surface area contributed by atoms with Gasteiger partial charge in [0.25, 0.3) is 0 Å². The third-order valence-electron chi connectivity index (χ3n) is 2.93. The Labute approximate surface area is 88.5 Å². The van der Waals surface area contributed by atoms with Crippen LogP contribution in [0.25, 0.3) is 0 Å². The quantitative estimate of drug-likeness (QED) is 0.307. The molecule has 0 aromatic rings. The van der Waals surface area contributed by atoms with E-state index < -0.39 is 0 Å². The summed E-state index contributed by atoms with van der Waals surface area (Å²) in [4.78, 5) is 0. The number of unbranched alkanes of at least 4 members (excludes halogenated alkanes) is 5. The van der Waals surface area contributed by atoms with Crippen LogP contribution in [0, 0.1) is 0 Å². The lowest BCUT2D eigenvalue weighted by Gasteiger charge is -1.98. The smallest absolute Gasteiger partial charge is 0.0876 e. The molecule has 1 nitrogen and oxygen atoms in total. The van der Waals surface area contributed by atoms with Crippen LogP contribution in [0.2, 0.25) is 0 Å². The van der Waals surface area contributed by atoms with Crippen molar-refractivity contribution >= 4 is 0 Å². The largest absolute Gasteiger partial charge is 0.369 e. The van der Waals surface area contributed by atoms with Gasteiger partial charge in [-0.25, -0.2) is 0 Å². The van der Waals surface area contributed by atoms with Gasteiger partial charge >= 0.3 is 0 Å².